The Balaban J connectivity index is 2.81. The Hall–Kier alpha value is -1.09. The van der Waals surface area contributed by atoms with Crippen LogP contribution in [0.5, 0.6) is 0 Å². The van der Waals surface area contributed by atoms with Crippen molar-refractivity contribution in [3.05, 3.63) is 35.4 Å². The van der Waals surface area contributed by atoms with E-state index in [1.807, 2.05) is 4.72 Å². The molecule has 0 fully saturated rings. The van der Waals surface area contributed by atoms with Crippen LogP contribution in [0.25, 0.3) is 0 Å². The first-order valence-electron chi connectivity index (χ1n) is 5.05. The van der Waals surface area contributed by atoms with Crippen molar-refractivity contribution >= 4 is 10.2 Å². The highest BCUT2D eigenvalue weighted by molar-refractivity contribution is 7.87. The summed E-state index contributed by atoms with van der Waals surface area (Å²) in [6.07, 6.45) is -1.60. The fourth-order valence-electron chi connectivity index (χ4n) is 1.24. The normalized spacial score (nSPS) is 13.9. The second kappa shape index (κ2) is 5.70. The Morgan fingerprint density at radius 3 is 2.28 bits per heavy atom. The van der Waals surface area contributed by atoms with E-state index in [1.54, 1.807) is 0 Å². The van der Waals surface area contributed by atoms with E-state index in [9.17, 15) is 22.3 Å². The number of aliphatic hydroxyl groups excluding tert-OH is 1. The minimum Gasteiger partial charge on any atom is -0.387 e. The van der Waals surface area contributed by atoms with Gasteiger partial charge in [0, 0.05) is 20.6 Å². The summed E-state index contributed by atoms with van der Waals surface area (Å²) < 4.78 is 52.2. The fourth-order valence-corrected chi connectivity index (χ4v) is 1.87. The van der Waals surface area contributed by atoms with Gasteiger partial charge in [-0.1, -0.05) is 6.07 Å². The van der Waals surface area contributed by atoms with Crippen LogP contribution in [0, 0.1) is 11.6 Å². The maximum atomic E-state index is 13.3. The van der Waals surface area contributed by atoms with Crippen molar-refractivity contribution in [2.75, 3.05) is 20.6 Å². The van der Waals surface area contributed by atoms with Crippen LogP contribution in [0.2, 0.25) is 0 Å². The molecule has 2 N–H and O–H groups in total. The molecule has 0 aliphatic carbocycles. The topological polar surface area (TPSA) is 69.6 Å². The minimum absolute atomic E-state index is 0.516. The molecule has 102 valence electrons. The number of rotatable bonds is 5. The SMILES string of the molecule is CN(C)S(=O)(=O)NCC(O)c1c(F)cccc1F. The highest BCUT2D eigenvalue weighted by Gasteiger charge is 2.21. The molecule has 1 rings (SSSR count). The molecule has 0 aliphatic heterocycles. The summed E-state index contributed by atoms with van der Waals surface area (Å²) in [6, 6.07) is 3.13. The molecule has 0 saturated carbocycles. The largest absolute Gasteiger partial charge is 0.387 e. The molecule has 5 nitrogen and oxygen atoms in total. The van der Waals surface area contributed by atoms with E-state index in [-0.39, 0.29) is 0 Å². The average Bonchev–Trinajstić information content (AvgIpc) is 2.26. The molecule has 0 spiro atoms. The Bertz CT molecular complexity index is 500. The van der Waals surface area contributed by atoms with Gasteiger partial charge in [0.05, 0.1) is 11.7 Å². The molecular weight excluding hydrogens is 266 g/mol. The monoisotopic (exact) mass is 280 g/mol. The third-order valence-electron chi connectivity index (χ3n) is 2.27. The lowest BCUT2D eigenvalue weighted by Crippen LogP contribution is -2.38. The van der Waals surface area contributed by atoms with Crippen LogP contribution >= 0.6 is 0 Å². The summed E-state index contributed by atoms with van der Waals surface area (Å²) in [5.41, 5.74) is -0.557. The van der Waals surface area contributed by atoms with Crippen molar-refractivity contribution in [2.45, 2.75) is 6.10 Å². The van der Waals surface area contributed by atoms with Crippen LogP contribution in [0.3, 0.4) is 0 Å². The van der Waals surface area contributed by atoms with Crippen molar-refractivity contribution in [1.29, 1.82) is 0 Å². The molecule has 0 bridgehead atoms. The van der Waals surface area contributed by atoms with E-state index in [2.05, 4.69) is 0 Å². The standard InChI is InChI=1S/C10H14F2N2O3S/c1-14(2)18(16,17)13-6-9(15)10-7(11)4-3-5-8(10)12/h3-5,9,13,15H,6H2,1-2H3. The lowest BCUT2D eigenvalue weighted by molar-refractivity contribution is 0.171. The number of benzene rings is 1. The van der Waals surface area contributed by atoms with E-state index < -0.39 is 40.1 Å². The molecule has 1 aromatic rings. The van der Waals surface area contributed by atoms with Crippen LogP contribution in [0.15, 0.2) is 18.2 Å². The van der Waals surface area contributed by atoms with Gasteiger partial charge in [0.25, 0.3) is 10.2 Å². The van der Waals surface area contributed by atoms with Crippen molar-refractivity contribution in [3.8, 4) is 0 Å². The van der Waals surface area contributed by atoms with Crippen LogP contribution in [-0.4, -0.2) is 38.5 Å². The summed E-state index contributed by atoms with van der Waals surface area (Å²) in [7, 11) is -1.17. The van der Waals surface area contributed by atoms with Crippen molar-refractivity contribution in [2.24, 2.45) is 0 Å². The van der Waals surface area contributed by atoms with Crippen LogP contribution in [-0.2, 0) is 10.2 Å². The summed E-state index contributed by atoms with van der Waals surface area (Å²) in [4.78, 5) is 0. The highest BCUT2D eigenvalue weighted by Crippen LogP contribution is 2.20. The van der Waals surface area contributed by atoms with Gasteiger partial charge in [0.2, 0.25) is 0 Å². The summed E-state index contributed by atoms with van der Waals surface area (Å²) in [6.45, 7) is -0.516. The third kappa shape index (κ3) is 3.45. The molecule has 0 amide bonds. The van der Waals surface area contributed by atoms with Crippen LogP contribution in [0.1, 0.15) is 11.7 Å². The fraction of sp³-hybridized carbons (Fsp3) is 0.400. The van der Waals surface area contributed by atoms with Crippen molar-refractivity contribution < 1.29 is 22.3 Å². The summed E-state index contributed by atoms with van der Waals surface area (Å²) >= 11 is 0. The van der Waals surface area contributed by atoms with Gasteiger partial charge < -0.3 is 5.11 Å². The van der Waals surface area contributed by atoms with E-state index in [0.29, 0.717) is 0 Å². The van der Waals surface area contributed by atoms with Gasteiger partial charge >= 0.3 is 0 Å². The second-order valence-corrected chi connectivity index (χ2v) is 5.76. The van der Waals surface area contributed by atoms with Gasteiger partial charge in [-0.3, -0.25) is 0 Å². The predicted molar refractivity (Wildman–Crippen MR) is 61.9 cm³/mol. The van der Waals surface area contributed by atoms with E-state index in [1.165, 1.54) is 14.1 Å². The number of nitrogens with zero attached hydrogens (tertiary/aromatic N) is 1. The van der Waals surface area contributed by atoms with Gasteiger partial charge in [-0.05, 0) is 12.1 Å². The predicted octanol–water partition coefficient (Wildman–Crippen LogP) is 0.394. The number of hydrogen-bond acceptors (Lipinski definition) is 3. The maximum absolute atomic E-state index is 13.3. The van der Waals surface area contributed by atoms with Crippen LogP contribution in [0.4, 0.5) is 8.78 Å². The molecule has 0 aliphatic rings. The molecule has 0 heterocycles. The molecule has 18 heavy (non-hydrogen) atoms. The summed E-state index contributed by atoms with van der Waals surface area (Å²) in [5.74, 6) is -1.85. The zero-order valence-electron chi connectivity index (χ0n) is 9.89. The first kappa shape index (κ1) is 15.0. The lowest BCUT2D eigenvalue weighted by atomic mass is 10.1. The number of nitrogens with one attached hydrogen (secondary N) is 1. The zero-order chi connectivity index (χ0) is 13.9. The number of halogens is 2. The first-order chi connectivity index (χ1) is 8.25. The Kier molecular flexibility index (Phi) is 4.74. The van der Waals surface area contributed by atoms with Crippen molar-refractivity contribution in [3.63, 3.8) is 0 Å². The quantitative estimate of drug-likeness (QED) is 0.820. The second-order valence-electron chi connectivity index (χ2n) is 3.79. The highest BCUT2D eigenvalue weighted by atomic mass is 32.2. The maximum Gasteiger partial charge on any atom is 0.279 e. The van der Waals surface area contributed by atoms with E-state index in [0.717, 1.165) is 22.5 Å². The zero-order valence-corrected chi connectivity index (χ0v) is 10.7. The Morgan fingerprint density at radius 2 is 1.83 bits per heavy atom. The van der Waals surface area contributed by atoms with Gasteiger partial charge in [-0.2, -0.15) is 17.4 Å². The van der Waals surface area contributed by atoms with Gasteiger partial charge in [-0.25, -0.2) is 8.78 Å². The number of hydrogen-bond donors (Lipinski definition) is 2. The van der Waals surface area contributed by atoms with E-state index in [4.69, 9.17) is 0 Å². The average molecular weight is 280 g/mol. The molecule has 0 saturated heterocycles. The smallest absolute Gasteiger partial charge is 0.279 e. The Morgan fingerprint density at radius 1 is 1.33 bits per heavy atom. The Labute approximate surface area is 104 Å². The lowest BCUT2D eigenvalue weighted by Gasteiger charge is -2.16. The first-order valence-corrected chi connectivity index (χ1v) is 6.49. The summed E-state index contributed by atoms with van der Waals surface area (Å²) in [5, 5.41) is 9.60. The van der Waals surface area contributed by atoms with Crippen molar-refractivity contribution in [1.82, 2.24) is 9.03 Å². The van der Waals surface area contributed by atoms with Gasteiger partial charge in [0.15, 0.2) is 0 Å². The van der Waals surface area contributed by atoms with E-state index >= 15 is 0 Å². The minimum atomic E-state index is -3.75. The third-order valence-corrected chi connectivity index (χ3v) is 3.77. The van der Waals surface area contributed by atoms with Gasteiger partial charge in [-0.15, -0.1) is 0 Å². The van der Waals surface area contributed by atoms with Crippen LogP contribution < -0.4 is 4.72 Å². The molecule has 8 heteroatoms. The molecule has 0 aromatic heterocycles. The van der Waals surface area contributed by atoms with Gasteiger partial charge in [0.1, 0.15) is 11.6 Å². The molecule has 0 radical (unpaired) electrons. The molecule has 1 aromatic carbocycles. The number of aliphatic hydroxyl groups is 1. The molecular formula is C10H14F2N2O3S. The molecule has 1 atom stereocenters. The molecule has 1 unspecified atom stereocenters.